The fourth-order valence-corrected chi connectivity index (χ4v) is 3.82. The third-order valence-corrected chi connectivity index (χ3v) is 5.32. The minimum absolute atomic E-state index is 0.0448. The monoisotopic (exact) mass is 334 g/mol. The van der Waals surface area contributed by atoms with Gasteiger partial charge in [-0.05, 0) is 24.5 Å². The highest BCUT2D eigenvalue weighted by Crippen LogP contribution is 2.28. The van der Waals surface area contributed by atoms with E-state index in [0.717, 1.165) is 18.4 Å². The zero-order valence-corrected chi connectivity index (χ0v) is 14.0. The Labute approximate surface area is 142 Å². The Morgan fingerprint density at radius 1 is 1.22 bits per heavy atom. The van der Waals surface area contributed by atoms with Gasteiger partial charge in [-0.2, -0.15) is 0 Å². The van der Waals surface area contributed by atoms with Gasteiger partial charge in [0.25, 0.3) is 0 Å². The highest BCUT2D eigenvalue weighted by Gasteiger charge is 2.37. The van der Waals surface area contributed by atoms with Gasteiger partial charge in [0, 0.05) is 30.6 Å². The Bertz CT molecular complexity index is 584. The molecule has 1 aromatic rings. The van der Waals surface area contributed by atoms with Crippen LogP contribution in [0.1, 0.15) is 44.1 Å². The summed E-state index contributed by atoms with van der Waals surface area (Å²) in [5.74, 6) is -0.140. The van der Waals surface area contributed by atoms with Crippen LogP contribution in [0.2, 0.25) is 5.02 Å². The average Bonchev–Trinajstić information content (AvgIpc) is 2.96. The molecule has 0 aromatic heterocycles. The molecule has 1 aromatic carbocycles. The number of benzene rings is 1. The summed E-state index contributed by atoms with van der Waals surface area (Å²) in [6.07, 6.45) is 6.15. The van der Waals surface area contributed by atoms with Crippen molar-refractivity contribution in [3.8, 4) is 0 Å². The van der Waals surface area contributed by atoms with E-state index in [1.807, 2.05) is 29.2 Å². The lowest BCUT2D eigenvalue weighted by atomic mass is 9.94. The molecule has 1 saturated carbocycles. The highest BCUT2D eigenvalue weighted by molar-refractivity contribution is 6.31. The molecule has 1 saturated heterocycles. The van der Waals surface area contributed by atoms with Crippen molar-refractivity contribution in [2.24, 2.45) is 5.92 Å². The Morgan fingerprint density at radius 2 is 1.96 bits per heavy atom. The lowest BCUT2D eigenvalue weighted by Gasteiger charge is -2.31. The summed E-state index contributed by atoms with van der Waals surface area (Å²) in [6.45, 7) is 0.977. The minimum Gasteiger partial charge on any atom is -0.352 e. The van der Waals surface area contributed by atoms with Gasteiger partial charge in [0.15, 0.2) is 0 Å². The first-order valence-corrected chi connectivity index (χ1v) is 8.83. The molecular weight excluding hydrogens is 312 g/mol. The summed E-state index contributed by atoms with van der Waals surface area (Å²) in [4.78, 5) is 26.6. The predicted molar refractivity (Wildman–Crippen MR) is 90.0 cm³/mol. The van der Waals surface area contributed by atoms with Gasteiger partial charge in [0.2, 0.25) is 11.8 Å². The molecule has 4 nitrogen and oxygen atoms in total. The number of amides is 2. The molecule has 1 unspecified atom stereocenters. The van der Waals surface area contributed by atoms with Gasteiger partial charge in [-0.3, -0.25) is 9.59 Å². The number of carbonyl (C=O) groups is 2. The summed E-state index contributed by atoms with van der Waals surface area (Å²) < 4.78 is 0. The van der Waals surface area contributed by atoms with Crippen LogP contribution in [0.25, 0.3) is 0 Å². The molecule has 1 aliphatic carbocycles. The summed E-state index contributed by atoms with van der Waals surface area (Å²) in [6, 6.07) is 7.82. The van der Waals surface area contributed by atoms with Crippen LogP contribution < -0.4 is 5.32 Å². The Kier molecular flexibility index (Phi) is 5.21. The molecule has 124 valence electrons. The normalized spacial score (nSPS) is 22.4. The fraction of sp³-hybridized carbons (Fsp3) is 0.556. The number of nitrogens with zero attached hydrogens (tertiary/aromatic N) is 1. The number of likely N-dealkylation sites (tertiary alicyclic amines) is 1. The van der Waals surface area contributed by atoms with Crippen LogP contribution in [-0.2, 0) is 16.1 Å². The van der Waals surface area contributed by atoms with Crippen LogP contribution in [0, 0.1) is 5.92 Å². The van der Waals surface area contributed by atoms with Crippen molar-refractivity contribution in [2.75, 3.05) is 6.54 Å². The highest BCUT2D eigenvalue weighted by atomic mass is 35.5. The first-order chi connectivity index (χ1) is 11.1. The van der Waals surface area contributed by atoms with Crippen molar-refractivity contribution < 1.29 is 9.59 Å². The van der Waals surface area contributed by atoms with Crippen LogP contribution in [0.4, 0.5) is 0 Å². The molecule has 0 radical (unpaired) electrons. The summed E-state index contributed by atoms with van der Waals surface area (Å²) in [5.41, 5.74) is 0.899. The predicted octanol–water partition coefficient (Wildman–Crippen LogP) is 3.14. The average molecular weight is 335 g/mol. The van der Waals surface area contributed by atoms with E-state index in [9.17, 15) is 9.59 Å². The van der Waals surface area contributed by atoms with E-state index in [4.69, 9.17) is 11.6 Å². The zero-order chi connectivity index (χ0) is 16.2. The zero-order valence-electron chi connectivity index (χ0n) is 13.3. The van der Waals surface area contributed by atoms with Crippen molar-refractivity contribution in [1.82, 2.24) is 10.2 Å². The molecule has 23 heavy (non-hydrogen) atoms. The Balaban J connectivity index is 1.54. The van der Waals surface area contributed by atoms with Crippen LogP contribution in [0.5, 0.6) is 0 Å². The second-order valence-electron chi connectivity index (χ2n) is 6.55. The number of rotatable bonds is 4. The molecule has 1 atom stereocenters. The number of nitrogens with one attached hydrogen (secondary N) is 1. The molecule has 0 spiro atoms. The SMILES string of the molecule is O=C(NCc1ccccc1Cl)C1CC(=O)N(C2CCCCC2)C1. The number of hydrogen-bond donors (Lipinski definition) is 1. The molecule has 1 N–H and O–H groups in total. The second-order valence-corrected chi connectivity index (χ2v) is 6.96. The molecule has 2 amide bonds. The van der Waals surface area contributed by atoms with Gasteiger partial charge >= 0.3 is 0 Å². The molecule has 2 fully saturated rings. The van der Waals surface area contributed by atoms with Crippen molar-refractivity contribution in [1.29, 1.82) is 0 Å². The third-order valence-electron chi connectivity index (χ3n) is 4.96. The van der Waals surface area contributed by atoms with E-state index in [2.05, 4.69) is 5.32 Å². The van der Waals surface area contributed by atoms with Gasteiger partial charge in [-0.25, -0.2) is 0 Å². The Hall–Kier alpha value is -1.55. The maximum absolute atomic E-state index is 12.4. The molecule has 5 heteroatoms. The minimum atomic E-state index is -0.230. The lowest BCUT2D eigenvalue weighted by molar-refractivity contribution is -0.130. The smallest absolute Gasteiger partial charge is 0.225 e. The summed E-state index contributed by atoms with van der Waals surface area (Å²) in [7, 11) is 0. The molecule has 0 bridgehead atoms. The quantitative estimate of drug-likeness (QED) is 0.919. The second kappa shape index (κ2) is 7.35. The molecular formula is C18H23ClN2O2. The van der Waals surface area contributed by atoms with Gasteiger partial charge in [-0.15, -0.1) is 0 Å². The number of halogens is 1. The molecule has 2 aliphatic rings. The number of carbonyl (C=O) groups excluding carboxylic acids is 2. The molecule has 1 aliphatic heterocycles. The van der Waals surface area contributed by atoms with Gasteiger partial charge < -0.3 is 10.2 Å². The fourth-order valence-electron chi connectivity index (χ4n) is 3.62. The van der Waals surface area contributed by atoms with Crippen LogP contribution in [-0.4, -0.2) is 29.3 Å². The van der Waals surface area contributed by atoms with Crippen LogP contribution in [0.3, 0.4) is 0 Å². The van der Waals surface area contributed by atoms with Gasteiger partial charge in [-0.1, -0.05) is 49.1 Å². The van der Waals surface area contributed by atoms with Gasteiger partial charge in [0.1, 0.15) is 0 Å². The summed E-state index contributed by atoms with van der Waals surface area (Å²) >= 11 is 6.10. The maximum atomic E-state index is 12.4. The Morgan fingerprint density at radius 3 is 2.70 bits per heavy atom. The molecule has 1 heterocycles. The maximum Gasteiger partial charge on any atom is 0.225 e. The van der Waals surface area contributed by atoms with Gasteiger partial charge in [0.05, 0.1) is 5.92 Å². The van der Waals surface area contributed by atoms with Crippen molar-refractivity contribution in [3.05, 3.63) is 34.9 Å². The topological polar surface area (TPSA) is 49.4 Å². The summed E-state index contributed by atoms with van der Waals surface area (Å²) in [5, 5.41) is 3.58. The van der Waals surface area contributed by atoms with E-state index in [1.165, 1.54) is 19.3 Å². The van der Waals surface area contributed by atoms with E-state index >= 15 is 0 Å². The first kappa shape index (κ1) is 16.3. The van der Waals surface area contributed by atoms with Crippen LogP contribution >= 0.6 is 11.6 Å². The van der Waals surface area contributed by atoms with E-state index in [0.29, 0.717) is 30.6 Å². The van der Waals surface area contributed by atoms with E-state index in [-0.39, 0.29) is 17.7 Å². The van der Waals surface area contributed by atoms with Crippen molar-refractivity contribution in [3.63, 3.8) is 0 Å². The van der Waals surface area contributed by atoms with Crippen molar-refractivity contribution in [2.45, 2.75) is 51.1 Å². The van der Waals surface area contributed by atoms with Crippen LogP contribution in [0.15, 0.2) is 24.3 Å². The van der Waals surface area contributed by atoms with E-state index in [1.54, 1.807) is 0 Å². The van der Waals surface area contributed by atoms with E-state index < -0.39 is 0 Å². The largest absolute Gasteiger partial charge is 0.352 e. The number of hydrogen-bond acceptors (Lipinski definition) is 2. The third kappa shape index (κ3) is 3.86. The standard InChI is InChI=1S/C18H23ClN2O2/c19-16-9-5-4-6-13(16)11-20-18(23)14-10-17(22)21(12-14)15-7-2-1-3-8-15/h4-6,9,14-15H,1-3,7-8,10-12H2,(H,20,23). The lowest BCUT2D eigenvalue weighted by Crippen LogP contribution is -2.39. The first-order valence-electron chi connectivity index (χ1n) is 8.45. The van der Waals surface area contributed by atoms with Crippen molar-refractivity contribution >= 4 is 23.4 Å². The molecule has 3 rings (SSSR count).